The van der Waals surface area contributed by atoms with Crippen LogP contribution in [0.3, 0.4) is 0 Å². The number of amidine groups is 1. The van der Waals surface area contributed by atoms with E-state index in [9.17, 15) is 10.1 Å². The molecule has 0 saturated heterocycles. The first-order valence-corrected chi connectivity index (χ1v) is 7.46. The average molecular weight is 311 g/mol. The van der Waals surface area contributed by atoms with Crippen molar-refractivity contribution in [2.45, 2.75) is 19.8 Å². The first-order valence-electron chi connectivity index (χ1n) is 7.46. The van der Waals surface area contributed by atoms with Crippen molar-refractivity contribution < 1.29 is 4.92 Å². The largest absolute Gasteiger partial charge is 0.280 e. The minimum atomic E-state index is -0.411. The summed E-state index contributed by atoms with van der Waals surface area (Å²) in [4.78, 5) is 19.1. The Hall–Kier alpha value is -2.96. The Morgan fingerprint density at radius 3 is 2.78 bits per heavy atom. The summed E-state index contributed by atoms with van der Waals surface area (Å²) >= 11 is 0. The average Bonchev–Trinajstić information content (AvgIpc) is 3.05. The second kappa shape index (κ2) is 6.43. The summed E-state index contributed by atoms with van der Waals surface area (Å²) in [7, 11) is 0. The van der Waals surface area contributed by atoms with Gasteiger partial charge in [0.2, 0.25) is 0 Å². The van der Waals surface area contributed by atoms with Crippen LogP contribution < -0.4 is 10.4 Å². The molecule has 0 spiro atoms. The van der Waals surface area contributed by atoms with Crippen LogP contribution in [0.4, 0.5) is 11.4 Å². The molecule has 0 bridgehead atoms. The number of benzene rings is 1. The molecule has 1 aromatic carbocycles. The molecule has 1 N–H and O–H groups in total. The van der Waals surface area contributed by atoms with Crippen LogP contribution in [0.1, 0.15) is 24.6 Å². The summed E-state index contributed by atoms with van der Waals surface area (Å²) in [5, 5.41) is 12.6. The number of rotatable bonds is 5. The Bertz CT molecular complexity index is 742. The number of nitro groups is 1. The number of anilines is 1. The number of hydrazine groups is 1. The fourth-order valence-electron chi connectivity index (χ4n) is 2.41. The maximum atomic E-state index is 10.7. The third kappa shape index (κ3) is 3.28. The fourth-order valence-corrected chi connectivity index (χ4v) is 2.41. The third-order valence-corrected chi connectivity index (χ3v) is 3.58. The van der Waals surface area contributed by atoms with Crippen molar-refractivity contribution in [3.63, 3.8) is 0 Å². The molecule has 1 aliphatic heterocycles. The maximum Gasteiger partial charge on any atom is 0.269 e. The molecule has 2 heterocycles. The van der Waals surface area contributed by atoms with Gasteiger partial charge in [-0.15, -0.1) is 0 Å². The summed E-state index contributed by atoms with van der Waals surface area (Å²) in [6, 6.07) is 10.3. The van der Waals surface area contributed by atoms with Gasteiger partial charge in [0.05, 0.1) is 10.6 Å². The van der Waals surface area contributed by atoms with Crippen LogP contribution >= 0.6 is 0 Å². The minimum Gasteiger partial charge on any atom is -0.280 e. The molecule has 23 heavy (non-hydrogen) atoms. The number of aromatic nitrogens is 1. The molecule has 1 aromatic heterocycles. The van der Waals surface area contributed by atoms with Crippen molar-refractivity contribution >= 4 is 17.2 Å². The van der Waals surface area contributed by atoms with Gasteiger partial charge >= 0.3 is 0 Å². The second-order valence-electron chi connectivity index (χ2n) is 5.25. The van der Waals surface area contributed by atoms with Crippen molar-refractivity contribution in [2.24, 2.45) is 4.99 Å². The van der Waals surface area contributed by atoms with E-state index < -0.39 is 4.92 Å². The van der Waals surface area contributed by atoms with Crippen molar-refractivity contribution in [1.29, 1.82) is 0 Å². The summed E-state index contributed by atoms with van der Waals surface area (Å²) in [6.07, 6.45) is 3.79. The highest BCUT2D eigenvalue weighted by Crippen LogP contribution is 2.18. The van der Waals surface area contributed by atoms with Gasteiger partial charge < -0.3 is 0 Å². The third-order valence-electron chi connectivity index (χ3n) is 3.58. The standard InChI is InChI=1S/C16H17N5O2/c1-2-3-13-10-15(8-9-17-13)20-11-18-16(19-20)12-4-6-14(7-5-12)21(22)23/h4-10H,2-3,11H2,1H3,(H,18,19). The van der Waals surface area contributed by atoms with E-state index >= 15 is 0 Å². The molecule has 118 valence electrons. The Labute approximate surface area is 133 Å². The van der Waals surface area contributed by atoms with Gasteiger partial charge in [0.1, 0.15) is 12.5 Å². The molecule has 0 radical (unpaired) electrons. The second-order valence-corrected chi connectivity index (χ2v) is 5.25. The van der Waals surface area contributed by atoms with Crippen LogP contribution in [0.5, 0.6) is 0 Å². The lowest BCUT2D eigenvalue weighted by molar-refractivity contribution is -0.384. The normalized spacial score (nSPS) is 13.6. The van der Waals surface area contributed by atoms with Crippen molar-refractivity contribution in [3.8, 4) is 0 Å². The van der Waals surface area contributed by atoms with E-state index in [0.29, 0.717) is 12.5 Å². The lowest BCUT2D eigenvalue weighted by atomic mass is 10.2. The molecule has 0 amide bonds. The van der Waals surface area contributed by atoms with E-state index in [4.69, 9.17) is 0 Å². The Morgan fingerprint density at radius 1 is 1.30 bits per heavy atom. The Kier molecular flexibility index (Phi) is 4.18. The fraction of sp³-hybridized carbons (Fsp3) is 0.250. The molecule has 0 aliphatic carbocycles. The number of hydrogen-bond acceptors (Lipinski definition) is 6. The van der Waals surface area contributed by atoms with Gasteiger partial charge in [-0.3, -0.25) is 25.5 Å². The molecule has 1 aliphatic rings. The lowest BCUT2D eigenvalue weighted by Gasteiger charge is -2.19. The summed E-state index contributed by atoms with van der Waals surface area (Å²) < 4.78 is 0. The predicted octanol–water partition coefficient (Wildman–Crippen LogP) is 2.67. The summed E-state index contributed by atoms with van der Waals surface area (Å²) in [5.41, 5.74) is 6.17. The maximum absolute atomic E-state index is 10.7. The first kappa shape index (κ1) is 15.0. The van der Waals surface area contributed by atoms with E-state index in [1.165, 1.54) is 12.1 Å². The molecular weight excluding hydrogens is 294 g/mol. The van der Waals surface area contributed by atoms with Gasteiger partial charge in [0.25, 0.3) is 5.69 Å². The topological polar surface area (TPSA) is 83.7 Å². The van der Waals surface area contributed by atoms with Crippen LogP contribution in [0.25, 0.3) is 0 Å². The molecule has 0 fully saturated rings. The summed E-state index contributed by atoms with van der Waals surface area (Å²) in [6.45, 7) is 2.61. The number of pyridine rings is 1. The Balaban J connectivity index is 1.72. The van der Waals surface area contributed by atoms with Crippen LogP contribution in [0.2, 0.25) is 0 Å². The van der Waals surface area contributed by atoms with Gasteiger partial charge in [0.15, 0.2) is 0 Å². The van der Waals surface area contributed by atoms with E-state index in [1.54, 1.807) is 18.3 Å². The number of hydrogen-bond donors (Lipinski definition) is 1. The number of nitro benzene ring substituents is 1. The number of aryl methyl sites for hydroxylation is 1. The molecule has 7 heteroatoms. The quantitative estimate of drug-likeness (QED) is 0.678. The lowest BCUT2D eigenvalue weighted by Crippen LogP contribution is -2.36. The van der Waals surface area contributed by atoms with Crippen LogP contribution in [0.15, 0.2) is 47.6 Å². The van der Waals surface area contributed by atoms with Gasteiger partial charge in [-0.05, 0) is 30.7 Å². The Morgan fingerprint density at radius 2 is 2.09 bits per heavy atom. The zero-order valence-electron chi connectivity index (χ0n) is 12.8. The van der Waals surface area contributed by atoms with E-state index in [2.05, 4.69) is 22.3 Å². The van der Waals surface area contributed by atoms with Crippen LogP contribution in [-0.4, -0.2) is 22.4 Å². The summed E-state index contributed by atoms with van der Waals surface area (Å²) in [5.74, 6) is 0.703. The molecule has 0 saturated carbocycles. The van der Waals surface area contributed by atoms with E-state index in [0.717, 1.165) is 29.8 Å². The molecule has 0 atom stereocenters. The molecule has 7 nitrogen and oxygen atoms in total. The van der Waals surface area contributed by atoms with Crippen LogP contribution in [-0.2, 0) is 6.42 Å². The van der Waals surface area contributed by atoms with Crippen molar-refractivity contribution in [2.75, 3.05) is 11.7 Å². The van der Waals surface area contributed by atoms with Crippen molar-refractivity contribution in [1.82, 2.24) is 10.4 Å². The molecule has 2 aromatic rings. The number of nitrogens with one attached hydrogen (secondary N) is 1. The highest BCUT2D eigenvalue weighted by Gasteiger charge is 2.17. The van der Waals surface area contributed by atoms with Gasteiger partial charge in [-0.25, -0.2) is 4.99 Å². The molecular formula is C16H17N5O2. The van der Waals surface area contributed by atoms with Crippen molar-refractivity contribution in [3.05, 3.63) is 64.0 Å². The number of aliphatic imine (C=N–C) groups is 1. The number of nitrogens with zero attached hydrogens (tertiary/aromatic N) is 4. The monoisotopic (exact) mass is 311 g/mol. The highest BCUT2D eigenvalue weighted by molar-refractivity contribution is 6.01. The van der Waals surface area contributed by atoms with E-state index in [-0.39, 0.29) is 5.69 Å². The predicted molar refractivity (Wildman–Crippen MR) is 88.3 cm³/mol. The SMILES string of the molecule is CCCc1cc(N2CN=C(c3ccc([N+](=O)[O-])cc3)N2)ccn1. The smallest absolute Gasteiger partial charge is 0.269 e. The highest BCUT2D eigenvalue weighted by atomic mass is 16.6. The van der Waals surface area contributed by atoms with E-state index in [1.807, 2.05) is 17.1 Å². The molecule has 3 rings (SSSR count). The van der Waals surface area contributed by atoms with Gasteiger partial charge in [0, 0.05) is 29.6 Å². The first-order chi connectivity index (χ1) is 11.2. The zero-order chi connectivity index (χ0) is 16.2. The number of non-ortho nitro benzene ring substituents is 1. The zero-order valence-corrected chi connectivity index (χ0v) is 12.8. The van der Waals surface area contributed by atoms with Gasteiger partial charge in [-0.1, -0.05) is 13.3 Å². The van der Waals surface area contributed by atoms with Crippen LogP contribution in [0, 0.1) is 10.1 Å². The minimum absolute atomic E-state index is 0.0718. The van der Waals surface area contributed by atoms with Gasteiger partial charge in [-0.2, -0.15) is 0 Å². The molecule has 0 unspecified atom stereocenters.